The van der Waals surface area contributed by atoms with Gasteiger partial charge in [-0.25, -0.2) is 0 Å². The Bertz CT molecular complexity index is 1020. The molecule has 1 rings (SSSR count). The van der Waals surface area contributed by atoms with Gasteiger partial charge in [-0.1, -0.05) is 290 Å². The average molecular weight is 955 g/mol. The number of carbonyl (C=O) groups is 1. The van der Waals surface area contributed by atoms with Crippen LogP contribution < -0.4 is 5.32 Å². The third-order valence-electron chi connectivity index (χ3n) is 14.7. The van der Waals surface area contributed by atoms with Gasteiger partial charge in [0.15, 0.2) is 6.29 Å². The normalized spacial score (nSPS) is 19.5. The van der Waals surface area contributed by atoms with Crippen LogP contribution in [0, 0.1) is 0 Å². The number of aliphatic hydroxyl groups is 5. The van der Waals surface area contributed by atoms with Crippen molar-refractivity contribution >= 4 is 5.91 Å². The Morgan fingerprint density at radius 3 is 1.06 bits per heavy atom. The van der Waals surface area contributed by atoms with E-state index in [0.29, 0.717) is 12.8 Å². The summed E-state index contributed by atoms with van der Waals surface area (Å²) in [6, 6.07) is -0.712. The van der Waals surface area contributed by atoms with Crippen LogP contribution in [0.3, 0.4) is 0 Å². The summed E-state index contributed by atoms with van der Waals surface area (Å²) in [4.78, 5) is 13.0. The number of rotatable bonds is 52. The highest BCUT2D eigenvalue weighted by atomic mass is 16.7. The number of hydrogen-bond donors (Lipinski definition) is 6. The Kier molecular flexibility index (Phi) is 46.8. The molecule has 0 aromatic rings. The molecular weight excluding hydrogens is 839 g/mol. The number of aliphatic hydroxyl groups excluding tert-OH is 5. The van der Waals surface area contributed by atoms with Crippen LogP contribution in [0.1, 0.15) is 309 Å². The van der Waals surface area contributed by atoms with Crippen LogP contribution in [-0.4, -0.2) is 87.5 Å². The molecule has 1 fully saturated rings. The number of unbranched alkanes of at least 4 members (excludes halogenated alkanes) is 42. The first-order valence-electron chi connectivity index (χ1n) is 29.7. The second-order valence-corrected chi connectivity index (χ2v) is 21.2. The summed E-state index contributed by atoms with van der Waals surface area (Å²) >= 11 is 0. The van der Waals surface area contributed by atoms with Crippen LogP contribution in [0.15, 0.2) is 0 Å². The van der Waals surface area contributed by atoms with Crippen LogP contribution in [0.25, 0.3) is 0 Å². The summed E-state index contributed by atoms with van der Waals surface area (Å²) < 4.78 is 11.3. The molecule has 1 aliphatic rings. The van der Waals surface area contributed by atoms with Crippen LogP contribution in [0.4, 0.5) is 0 Å². The van der Waals surface area contributed by atoms with Crippen molar-refractivity contribution in [3.05, 3.63) is 0 Å². The Morgan fingerprint density at radius 1 is 0.448 bits per heavy atom. The van der Waals surface area contributed by atoms with Crippen molar-refractivity contribution in [2.24, 2.45) is 0 Å². The second-order valence-electron chi connectivity index (χ2n) is 21.2. The molecule has 2 unspecified atom stereocenters. The lowest BCUT2D eigenvalue weighted by molar-refractivity contribution is -0.302. The minimum atomic E-state index is -1.55. The Hall–Kier alpha value is -0.810. The number of ether oxygens (including phenoxy) is 2. The summed E-state index contributed by atoms with van der Waals surface area (Å²) in [6.45, 7) is 3.87. The van der Waals surface area contributed by atoms with Gasteiger partial charge >= 0.3 is 0 Å². The molecule has 1 saturated heterocycles. The van der Waals surface area contributed by atoms with Gasteiger partial charge in [0.1, 0.15) is 24.4 Å². The fourth-order valence-electron chi connectivity index (χ4n) is 9.99. The zero-order valence-corrected chi connectivity index (χ0v) is 44.4. The van der Waals surface area contributed by atoms with E-state index in [1.807, 2.05) is 0 Å². The van der Waals surface area contributed by atoms with Gasteiger partial charge < -0.3 is 40.3 Å². The highest BCUT2D eigenvalue weighted by Crippen LogP contribution is 2.23. The first kappa shape index (κ1) is 64.2. The monoisotopic (exact) mass is 954 g/mol. The highest BCUT2D eigenvalue weighted by molar-refractivity contribution is 5.76. The third kappa shape index (κ3) is 38.5. The lowest BCUT2D eigenvalue weighted by Gasteiger charge is -2.40. The predicted octanol–water partition coefficient (Wildman–Crippen LogP) is 14.6. The zero-order valence-electron chi connectivity index (χ0n) is 44.4. The van der Waals surface area contributed by atoms with Crippen molar-refractivity contribution < 1.29 is 39.8 Å². The van der Waals surface area contributed by atoms with E-state index in [4.69, 9.17) is 9.47 Å². The van der Waals surface area contributed by atoms with Crippen molar-refractivity contribution in [3.8, 4) is 0 Å². The lowest BCUT2D eigenvalue weighted by atomic mass is 9.99. The van der Waals surface area contributed by atoms with E-state index >= 15 is 0 Å². The van der Waals surface area contributed by atoms with Gasteiger partial charge in [-0.05, 0) is 12.8 Å². The molecular formula is C58H115NO8. The average Bonchev–Trinajstić information content (AvgIpc) is 3.33. The van der Waals surface area contributed by atoms with Crippen molar-refractivity contribution in [2.75, 3.05) is 13.2 Å². The summed E-state index contributed by atoms with van der Waals surface area (Å²) in [6.07, 6.45) is 51.6. The van der Waals surface area contributed by atoms with Gasteiger partial charge in [0, 0.05) is 6.42 Å². The maximum Gasteiger partial charge on any atom is 0.220 e. The topological polar surface area (TPSA) is 149 Å². The molecule has 7 atom stereocenters. The fourth-order valence-corrected chi connectivity index (χ4v) is 9.99. The summed E-state index contributed by atoms with van der Waals surface area (Å²) in [5.74, 6) is -0.137. The van der Waals surface area contributed by atoms with Crippen molar-refractivity contribution in [3.63, 3.8) is 0 Å². The quantitative estimate of drug-likeness (QED) is 0.0330. The maximum absolute atomic E-state index is 13.0. The molecule has 0 spiro atoms. The van der Waals surface area contributed by atoms with Gasteiger partial charge in [-0.15, -0.1) is 0 Å². The molecule has 0 saturated carbocycles. The molecule has 0 aromatic heterocycles. The van der Waals surface area contributed by atoms with Crippen molar-refractivity contribution in [2.45, 2.75) is 352 Å². The molecule has 67 heavy (non-hydrogen) atoms. The zero-order chi connectivity index (χ0) is 48.7. The molecule has 1 heterocycles. The van der Waals surface area contributed by atoms with Crippen LogP contribution in [-0.2, 0) is 14.3 Å². The number of amides is 1. The van der Waals surface area contributed by atoms with E-state index in [2.05, 4.69) is 19.2 Å². The molecule has 9 nitrogen and oxygen atoms in total. The summed E-state index contributed by atoms with van der Waals surface area (Å²) in [7, 11) is 0. The van der Waals surface area contributed by atoms with Crippen LogP contribution in [0.5, 0.6) is 0 Å². The molecule has 1 aliphatic heterocycles. The summed E-state index contributed by atoms with van der Waals surface area (Å²) in [5.41, 5.74) is 0. The van der Waals surface area contributed by atoms with E-state index in [9.17, 15) is 30.3 Å². The van der Waals surface area contributed by atoms with E-state index in [0.717, 1.165) is 38.5 Å². The molecule has 9 heteroatoms. The summed E-state index contributed by atoms with van der Waals surface area (Å²) in [5, 5.41) is 54.5. The fraction of sp³-hybridized carbons (Fsp3) is 0.983. The van der Waals surface area contributed by atoms with E-state index in [1.165, 1.54) is 244 Å². The Morgan fingerprint density at radius 2 is 0.746 bits per heavy atom. The molecule has 1 amide bonds. The largest absolute Gasteiger partial charge is 0.394 e. The third-order valence-corrected chi connectivity index (χ3v) is 14.7. The van der Waals surface area contributed by atoms with Crippen LogP contribution >= 0.6 is 0 Å². The number of hydrogen-bond acceptors (Lipinski definition) is 8. The van der Waals surface area contributed by atoms with Gasteiger partial charge in [0.2, 0.25) is 5.91 Å². The second kappa shape index (κ2) is 48.8. The predicted molar refractivity (Wildman–Crippen MR) is 281 cm³/mol. The smallest absolute Gasteiger partial charge is 0.220 e. The number of carbonyl (C=O) groups excluding carboxylic acids is 1. The number of nitrogens with one attached hydrogen (secondary N) is 1. The Labute approximate surface area is 414 Å². The molecule has 0 bridgehead atoms. The van der Waals surface area contributed by atoms with Gasteiger partial charge in [0.05, 0.1) is 25.4 Å². The van der Waals surface area contributed by atoms with Gasteiger partial charge in [-0.2, -0.15) is 0 Å². The van der Waals surface area contributed by atoms with E-state index < -0.39 is 49.5 Å². The molecule has 6 N–H and O–H groups in total. The van der Waals surface area contributed by atoms with E-state index in [-0.39, 0.29) is 12.5 Å². The SMILES string of the molecule is CCCCCCCCCCCCCCCCCCCCCCCCCCCCCCCCCCC(=O)N[C@@H](CO[C@@H]1O[C@H](CO)[C@@H](O)C(O)C1O)[C@H](O)CCCCCCCCCCCCCC. The van der Waals surface area contributed by atoms with Gasteiger partial charge in [0.25, 0.3) is 0 Å². The van der Waals surface area contributed by atoms with E-state index in [1.54, 1.807) is 0 Å². The Balaban J connectivity index is 2.06. The van der Waals surface area contributed by atoms with Crippen LogP contribution in [0.2, 0.25) is 0 Å². The molecule has 0 aliphatic carbocycles. The van der Waals surface area contributed by atoms with Crippen molar-refractivity contribution in [1.82, 2.24) is 5.32 Å². The maximum atomic E-state index is 13.0. The molecule has 0 radical (unpaired) electrons. The lowest BCUT2D eigenvalue weighted by Crippen LogP contribution is -2.60. The molecule has 400 valence electrons. The minimum Gasteiger partial charge on any atom is -0.394 e. The minimum absolute atomic E-state index is 0.131. The van der Waals surface area contributed by atoms with Gasteiger partial charge in [-0.3, -0.25) is 4.79 Å². The standard InChI is InChI=1S/C58H115NO8/c1-3-5-7-9-11-13-15-17-18-19-20-21-22-23-24-25-26-27-28-29-30-31-32-33-34-35-36-38-40-42-44-46-48-54(62)59-51(50-66-58-57(65)56(64)55(63)53(49-60)67-58)52(61)47-45-43-41-39-37-16-14-12-10-8-6-4-2/h51-53,55-58,60-61,63-65H,3-50H2,1-2H3,(H,59,62)/t51-,52+,53+,55+,56?,57?,58+/m0/s1. The van der Waals surface area contributed by atoms with Crippen molar-refractivity contribution in [1.29, 1.82) is 0 Å². The molecule has 0 aromatic carbocycles. The first-order chi connectivity index (χ1) is 32.8. The first-order valence-corrected chi connectivity index (χ1v) is 29.7. The highest BCUT2D eigenvalue weighted by Gasteiger charge is 2.44.